The summed E-state index contributed by atoms with van der Waals surface area (Å²) >= 11 is 0. The smallest absolute Gasteiger partial charge is 0.231 e. The number of nitrogens with zero attached hydrogens (tertiary/aromatic N) is 4. The molecule has 3 heterocycles. The highest BCUT2D eigenvalue weighted by Crippen LogP contribution is 2.34. The van der Waals surface area contributed by atoms with Crippen molar-refractivity contribution in [3.05, 3.63) is 49.1 Å². The molecule has 0 fully saturated rings. The molecular weight excluding hydrogens is 296 g/mol. The molecule has 0 aliphatic carbocycles. The van der Waals surface area contributed by atoms with Crippen LogP contribution in [0.2, 0.25) is 0 Å². The highest BCUT2D eigenvalue weighted by molar-refractivity contribution is 5.62. The van der Waals surface area contributed by atoms with Gasteiger partial charge in [0, 0.05) is 30.3 Å². The Morgan fingerprint density at radius 1 is 0.870 bits per heavy atom. The molecule has 0 radical (unpaired) electrons. The SMILES string of the molecule is c1cnc(Nc2nccc(Nc3ccc4c(c3)OCO4)n2)cn1. The second-order valence-electron chi connectivity index (χ2n) is 4.67. The lowest BCUT2D eigenvalue weighted by atomic mass is 10.3. The van der Waals surface area contributed by atoms with Crippen LogP contribution in [0, 0.1) is 0 Å². The van der Waals surface area contributed by atoms with Crippen LogP contribution < -0.4 is 20.1 Å². The summed E-state index contributed by atoms with van der Waals surface area (Å²) < 4.78 is 10.6. The summed E-state index contributed by atoms with van der Waals surface area (Å²) in [5.74, 6) is 3.10. The van der Waals surface area contributed by atoms with E-state index >= 15 is 0 Å². The highest BCUT2D eigenvalue weighted by Gasteiger charge is 2.13. The molecule has 0 amide bonds. The number of benzene rings is 1. The Kier molecular flexibility index (Phi) is 3.32. The molecule has 2 N–H and O–H groups in total. The monoisotopic (exact) mass is 308 g/mol. The molecule has 0 saturated heterocycles. The molecule has 0 bridgehead atoms. The van der Waals surface area contributed by atoms with Crippen molar-refractivity contribution in [1.29, 1.82) is 0 Å². The zero-order valence-corrected chi connectivity index (χ0v) is 11.9. The van der Waals surface area contributed by atoms with Gasteiger partial charge in [0.05, 0.1) is 6.20 Å². The van der Waals surface area contributed by atoms with Crippen LogP contribution in [0.15, 0.2) is 49.1 Å². The van der Waals surface area contributed by atoms with E-state index in [4.69, 9.17) is 9.47 Å². The fourth-order valence-corrected chi connectivity index (χ4v) is 2.09. The normalized spacial score (nSPS) is 12.0. The van der Waals surface area contributed by atoms with Gasteiger partial charge in [-0.25, -0.2) is 9.97 Å². The number of aromatic nitrogens is 4. The lowest BCUT2D eigenvalue weighted by molar-refractivity contribution is 0.174. The van der Waals surface area contributed by atoms with Crippen molar-refractivity contribution < 1.29 is 9.47 Å². The first-order valence-corrected chi connectivity index (χ1v) is 6.89. The molecule has 1 aliphatic rings. The molecule has 1 aromatic carbocycles. The van der Waals surface area contributed by atoms with Gasteiger partial charge in [0.15, 0.2) is 17.3 Å². The van der Waals surface area contributed by atoms with E-state index < -0.39 is 0 Å². The van der Waals surface area contributed by atoms with Crippen LogP contribution in [0.1, 0.15) is 0 Å². The minimum Gasteiger partial charge on any atom is -0.454 e. The van der Waals surface area contributed by atoms with Crippen LogP contribution >= 0.6 is 0 Å². The lowest BCUT2D eigenvalue weighted by Gasteiger charge is -2.08. The number of rotatable bonds is 4. The van der Waals surface area contributed by atoms with Gasteiger partial charge in [-0.1, -0.05) is 0 Å². The molecule has 8 heteroatoms. The molecule has 3 aromatic rings. The summed E-state index contributed by atoms with van der Waals surface area (Å²) in [6.45, 7) is 0.248. The average Bonchev–Trinajstić information content (AvgIpc) is 3.04. The van der Waals surface area contributed by atoms with Gasteiger partial charge in [0.1, 0.15) is 5.82 Å². The topological polar surface area (TPSA) is 94.1 Å². The van der Waals surface area contributed by atoms with Crippen molar-refractivity contribution in [2.75, 3.05) is 17.4 Å². The minimum atomic E-state index is 0.248. The van der Waals surface area contributed by atoms with Crippen molar-refractivity contribution in [2.24, 2.45) is 0 Å². The Bertz CT molecular complexity index is 827. The Labute approximate surface area is 131 Å². The van der Waals surface area contributed by atoms with Crippen LogP contribution in [-0.2, 0) is 0 Å². The van der Waals surface area contributed by atoms with Crippen LogP contribution in [0.4, 0.5) is 23.3 Å². The maximum atomic E-state index is 5.36. The van der Waals surface area contributed by atoms with Crippen molar-refractivity contribution in [3.8, 4) is 11.5 Å². The summed E-state index contributed by atoms with van der Waals surface area (Å²) in [5, 5.41) is 6.19. The number of ether oxygens (including phenoxy) is 2. The summed E-state index contributed by atoms with van der Waals surface area (Å²) in [5.41, 5.74) is 0.846. The van der Waals surface area contributed by atoms with E-state index in [1.165, 1.54) is 0 Å². The van der Waals surface area contributed by atoms with Gasteiger partial charge in [-0.3, -0.25) is 4.98 Å². The summed E-state index contributed by atoms with van der Waals surface area (Å²) in [7, 11) is 0. The van der Waals surface area contributed by atoms with Gasteiger partial charge in [-0.05, 0) is 18.2 Å². The second kappa shape index (κ2) is 5.76. The van der Waals surface area contributed by atoms with E-state index in [0.29, 0.717) is 23.3 Å². The standard InChI is InChI=1S/C15H12N6O2/c1-2-11-12(23-9-22-11)7-10(1)19-13-3-4-18-15(20-13)21-14-8-16-5-6-17-14/h1-8H,9H2,(H2,17,18,19,20,21). The Morgan fingerprint density at radius 3 is 2.74 bits per heavy atom. The Morgan fingerprint density at radius 2 is 1.83 bits per heavy atom. The van der Waals surface area contributed by atoms with Gasteiger partial charge in [-0.2, -0.15) is 4.98 Å². The molecule has 23 heavy (non-hydrogen) atoms. The lowest BCUT2D eigenvalue weighted by Crippen LogP contribution is -2.01. The quantitative estimate of drug-likeness (QED) is 0.759. The summed E-state index contributed by atoms with van der Waals surface area (Å²) in [6, 6.07) is 7.38. The van der Waals surface area contributed by atoms with Crippen LogP contribution in [0.5, 0.6) is 11.5 Å². The minimum absolute atomic E-state index is 0.248. The molecule has 0 atom stereocenters. The maximum Gasteiger partial charge on any atom is 0.231 e. The molecule has 1 aliphatic heterocycles. The third-order valence-corrected chi connectivity index (χ3v) is 3.10. The largest absolute Gasteiger partial charge is 0.454 e. The van der Waals surface area contributed by atoms with Gasteiger partial charge in [0.2, 0.25) is 12.7 Å². The van der Waals surface area contributed by atoms with E-state index in [1.807, 2.05) is 18.2 Å². The number of nitrogens with one attached hydrogen (secondary N) is 2. The van der Waals surface area contributed by atoms with Gasteiger partial charge in [-0.15, -0.1) is 0 Å². The Balaban J connectivity index is 1.52. The van der Waals surface area contributed by atoms with Crippen molar-refractivity contribution in [1.82, 2.24) is 19.9 Å². The van der Waals surface area contributed by atoms with Crippen LogP contribution in [0.25, 0.3) is 0 Å². The summed E-state index contributed by atoms with van der Waals surface area (Å²) in [4.78, 5) is 16.6. The molecule has 0 spiro atoms. The third kappa shape index (κ3) is 2.95. The molecule has 2 aromatic heterocycles. The fourth-order valence-electron chi connectivity index (χ4n) is 2.09. The predicted octanol–water partition coefficient (Wildman–Crippen LogP) is 2.48. The van der Waals surface area contributed by atoms with Crippen LogP contribution in [-0.4, -0.2) is 26.7 Å². The molecule has 114 valence electrons. The third-order valence-electron chi connectivity index (χ3n) is 3.10. The zero-order chi connectivity index (χ0) is 15.5. The van der Waals surface area contributed by atoms with Crippen LogP contribution in [0.3, 0.4) is 0 Å². The molecule has 8 nitrogen and oxygen atoms in total. The Hall–Kier alpha value is -3.42. The van der Waals surface area contributed by atoms with E-state index in [9.17, 15) is 0 Å². The molecule has 0 saturated carbocycles. The zero-order valence-electron chi connectivity index (χ0n) is 11.9. The molecule has 4 rings (SSSR count). The average molecular weight is 308 g/mol. The van der Waals surface area contributed by atoms with Gasteiger partial charge < -0.3 is 20.1 Å². The predicted molar refractivity (Wildman–Crippen MR) is 83.2 cm³/mol. The van der Waals surface area contributed by atoms with Crippen molar-refractivity contribution in [2.45, 2.75) is 0 Å². The van der Waals surface area contributed by atoms with Gasteiger partial charge >= 0.3 is 0 Å². The van der Waals surface area contributed by atoms with Gasteiger partial charge in [0.25, 0.3) is 0 Å². The fraction of sp³-hybridized carbons (Fsp3) is 0.0667. The number of anilines is 4. The first-order valence-electron chi connectivity index (χ1n) is 6.89. The van der Waals surface area contributed by atoms with Crippen molar-refractivity contribution in [3.63, 3.8) is 0 Å². The van der Waals surface area contributed by atoms with Crippen molar-refractivity contribution >= 4 is 23.3 Å². The molecular formula is C15H12N6O2. The first kappa shape index (κ1) is 13.3. The summed E-state index contributed by atoms with van der Waals surface area (Å²) in [6.07, 6.45) is 6.45. The van der Waals surface area contributed by atoms with E-state index in [-0.39, 0.29) is 6.79 Å². The van der Waals surface area contributed by atoms with E-state index in [2.05, 4.69) is 30.6 Å². The second-order valence-corrected chi connectivity index (χ2v) is 4.67. The highest BCUT2D eigenvalue weighted by atomic mass is 16.7. The van der Waals surface area contributed by atoms with E-state index in [1.54, 1.807) is 30.9 Å². The molecule has 0 unspecified atom stereocenters. The maximum absolute atomic E-state index is 5.36. The number of fused-ring (bicyclic) bond motifs is 1. The number of hydrogen-bond donors (Lipinski definition) is 2. The first-order chi connectivity index (χ1) is 11.4. The van der Waals surface area contributed by atoms with E-state index in [0.717, 1.165) is 11.4 Å². The number of hydrogen-bond acceptors (Lipinski definition) is 8.